The molecule has 0 spiro atoms. The van der Waals surface area contributed by atoms with E-state index in [1.54, 1.807) is 0 Å². The summed E-state index contributed by atoms with van der Waals surface area (Å²) in [6.07, 6.45) is 7.85. The van der Waals surface area contributed by atoms with Crippen LogP contribution in [0.3, 0.4) is 0 Å². The number of furan rings is 1. The highest BCUT2D eigenvalue weighted by Gasteiger charge is 2.39. The normalized spacial score (nSPS) is 28.1. The number of hydrogen-bond acceptors (Lipinski definition) is 3. The summed E-state index contributed by atoms with van der Waals surface area (Å²) in [5.74, 6) is 4.09. The van der Waals surface area contributed by atoms with E-state index in [0.29, 0.717) is 6.04 Å². The molecule has 3 nitrogen and oxygen atoms in total. The largest absolute Gasteiger partial charge is 0.468 e. The number of nitrogens with zero attached hydrogens (tertiary/aromatic N) is 1. The van der Waals surface area contributed by atoms with Crippen LogP contribution < -0.4 is 5.32 Å². The molecule has 21 heavy (non-hydrogen) atoms. The van der Waals surface area contributed by atoms with Crippen LogP contribution in [0.2, 0.25) is 0 Å². The fourth-order valence-corrected chi connectivity index (χ4v) is 4.25. The van der Waals surface area contributed by atoms with Gasteiger partial charge in [0, 0.05) is 24.7 Å². The SMILES string of the molecule is CC(C)NCc1coc(CN(C)CC2CC3CCC2C3)c1. The van der Waals surface area contributed by atoms with Gasteiger partial charge in [-0.3, -0.25) is 4.90 Å². The van der Waals surface area contributed by atoms with E-state index in [9.17, 15) is 0 Å². The van der Waals surface area contributed by atoms with Gasteiger partial charge >= 0.3 is 0 Å². The molecule has 0 aliphatic heterocycles. The molecule has 3 rings (SSSR count). The highest BCUT2D eigenvalue weighted by Crippen LogP contribution is 2.48. The average Bonchev–Trinajstić information content (AvgIpc) is 3.12. The van der Waals surface area contributed by atoms with Gasteiger partial charge in [-0.15, -0.1) is 0 Å². The predicted molar refractivity (Wildman–Crippen MR) is 86.0 cm³/mol. The molecule has 2 bridgehead atoms. The Morgan fingerprint density at radius 3 is 2.86 bits per heavy atom. The van der Waals surface area contributed by atoms with Crippen molar-refractivity contribution in [3.05, 3.63) is 23.7 Å². The van der Waals surface area contributed by atoms with E-state index < -0.39 is 0 Å². The van der Waals surface area contributed by atoms with Gasteiger partial charge in [-0.2, -0.15) is 0 Å². The Morgan fingerprint density at radius 1 is 1.33 bits per heavy atom. The number of nitrogens with one attached hydrogen (secondary N) is 1. The maximum Gasteiger partial charge on any atom is 0.118 e. The van der Waals surface area contributed by atoms with Crippen LogP contribution in [0.25, 0.3) is 0 Å². The van der Waals surface area contributed by atoms with E-state index >= 15 is 0 Å². The van der Waals surface area contributed by atoms with E-state index in [1.165, 1.54) is 37.8 Å². The van der Waals surface area contributed by atoms with Crippen LogP contribution in [0.1, 0.15) is 50.9 Å². The third kappa shape index (κ3) is 3.89. The van der Waals surface area contributed by atoms with E-state index in [4.69, 9.17) is 4.42 Å². The van der Waals surface area contributed by atoms with Crippen molar-refractivity contribution in [2.75, 3.05) is 13.6 Å². The molecular weight excluding hydrogens is 260 g/mol. The van der Waals surface area contributed by atoms with Crippen LogP contribution in [-0.2, 0) is 13.1 Å². The molecular formula is C18H30N2O. The molecule has 118 valence electrons. The first-order valence-corrected chi connectivity index (χ1v) is 8.58. The van der Waals surface area contributed by atoms with Crippen molar-refractivity contribution in [1.82, 2.24) is 10.2 Å². The smallest absolute Gasteiger partial charge is 0.118 e. The zero-order chi connectivity index (χ0) is 14.8. The number of fused-ring (bicyclic) bond motifs is 2. The summed E-state index contributed by atoms with van der Waals surface area (Å²) in [4.78, 5) is 2.45. The third-order valence-electron chi connectivity index (χ3n) is 5.28. The number of rotatable bonds is 7. The van der Waals surface area contributed by atoms with Gasteiger partial charge in [0.15, 0.2) is 0 Å². The van der Waals surface area contributed by atoms with E-state index in [1.807, 2.05) is 6.26 Å². The lowest BCUT2D eigenvalue weighted by atomic mass is 9.88. The van der Waals surface area contributed by atoms with Crippen molar-refractivity contribution < 1.29 is 4.42 Å². The second-order valence-electron chi connectivity index (χ2n) is 7.59. The summed E-state index contributed by atoms with van der Waals surface area (Å²) < 4.78 is 5.71. The Morgan fingerprint density at radius 2 is 2.19 bits per heavy atom. The van der Waals surface area contributed by atoms with Gasteiger partial charge in [0.2, 0.25) is 0 Å². The standard InChI is InChI=1S/C18H30N2O/c1-13(2)19-9-15-8-18(21-12-15)11-20(3)10-17-7-14-4-5-16(17)6-14/h8,12-14,16-17,19H,4-7,9-11H2,1-3H3. The molecule has 2 saturated carbocycles. The van der Waals surface area contributed by atoms with Crippen molar-refractivity contribution in [2.24, 2.45) is 17.8 Å². The molecule has 0 amide bonds. The first-order valence-electron chi connectivity index (χ1n) is 8.58. The number of hydrogen-bond donors (Lipinski definition) is 1. The van der Waals surface area contributed by atoms with Crippen LogP contribution in [0.5, 0.6) is 0 Å². The molecule has 1 N–H and O–H groups in total. The molecule has 2 aliphatic carbocycles. The molecule has 0 saturated heterocycles. The molecule has 0 aromatic carbocycles. The lowest BCUT2D eigenvalue weighted by Gasteiger charge is -2.26. The Balaban J connectivity index is 1.45. The van der Waals surface area contributed by atoms with Gasteiger partial charge in [-0.25, -0.2) is 0 Å². The summed E-state index contributed by atoms with van der Waals surface area (Å²) in [7, 11) is 2.24. The lowest BCUT2D eigenvalue weighted by molar-refractivity contribution is 0.204. The first-order chi connectivity index (χ1) is 10.1. The zero-order valence-electron chi connectivity index (χ0n) is 13.8. The monoisotopic (exact) mass is 290 g/mol. The molecule has 0 radical (unpaired) electrons. The second kappa shape index (κ2) is 6.53. The van der Waals surface area contributed by atoms with Crippen LogP contribution in [-0.4, -0.2) is 24.5 Å². The van der Waals surface area contributed by atoms with Gasteiger partial charge in [-0.05, 0) is 50.1 Å². The fourth-order valence-electron chi connectivity index (χ4n) is 4.25. The van der Waals surface area contributed by atoms with E-state index in [0.717, 1.165) is 36.6 Å². The van der Waals surface area contributed by atoms with Gasteiger partial charge in [0.25, 0.3) is 0 Å². The highest BCUT2D eigenvalue weighted by molar-refractivity contribution is 5.12. The molecule has 3 unspecified atom stereocenters. The van der Waals surface area contributed by atoms with Crippen LogP contribution in [0.15, 0.2) is 16.7 Å². The van der Waals surface area contributed by atoms with Crippen LogP contribution in [0, 0.1) is 17.8 Å². The van der Waals surface area contributed by atoms with Gasteiger partial charge in [0.1, 0.15) is 5.76 Å². The highest BCUT2D eigenvalue weighted by atomic mass is 16.3. The molecule has 1 aromatic heterocycles. The lowest BCUT2D eigenvalue weighted by Crippen LogP contribution is -2.28. The van der Waals surface area contributed by atoms with Crippen molar-refractivity contribution in [1.29, 1.82) is 0 Å². The van der Waals surface area contributed by atoms with Crippen molar-refractivity contribution in [3.63, 3.8) is 0 Å². The summed E-state index contributed by atoms with van der Waals surface area (Å²) in [6.45, 7) is 7.42. The van der Waals surface area contributed by atoms with Crippen LogP contribution >= 0.6 is 0 Å². The van der Waals surface area contributed by atoms with Crippen molar-refractivity contribution in [3.8, 4) is 0 Å². The topological polar surface area (TPSA) is 28.4 Å². The molecule has 1 heterocycles. The Hall–Kier alpha value is -0.800. The minimum absolute atomic E-state index is 0.517. The Bertz CT molecular complexity index is 454. The quantitative estimate of drug-likeness (QED) is 0.831. The minimum Gasteiger partial charge on any atom is -0.468 e. The summed E-state index contributed by atoms with van der Waals surface area (Å²) in [6, 6.07) is 2.72. The Kier molecular flexibility index (Phi) is 4.70. The van der Waals surface area contributed by atoms with E-state index in [-0.39, 0.29) is 0 Å². The maximum absolute atomic E-state index is 5.71. The maximum atomic E-state index is 5.71. The van der Waals surface area contributed by atoms with E-state index in [2.05, 4.69) is 37.2 Å². The molecule has 1 aromatic rings. The molecule has 3 heteroatoms. The molecule has 3 atom stereocenters. The Labute approximate surface area is 129 Å². The summed E-state index contributed by atoms with van der Waals surface area (Å²) >= 11 is 0. The third-order valence-corrected chi connectivity index (χ3v) is 5.28. The zero-order valence-corrected chi connectivity index (χ0v) is 13.8. The molecule has 2 fully saturated rings. The predicted octanol–water partition coefficient (Wildman–Crippen LogP) is 3.65. The first kappa shape index (κ1) is 15.1. The van der Waals surface area contributed by atoms with Gasteiger partial charge in [0.05, 0.1) is 12.8 Å². The van der Waals surface area contributed by atoms with Crippen LogP contribution in [0.4, 0.5) is 0 Å². The minimum atomic E-state index is 0.517. The second-order valence-corrected chi connectivity index (χ2v) is 7.59. The van der Waals surface area contributed by atoms with Gasteiger partial charge < -0.3 is 9.73 Å². The summed E-state index contributed by atoms with van der Waals surface area (Å²) in [5, 5.41) is 3.43. The van der Waals surface area contributed by atoms with Crippen molar-refractivity contribution in [2.45, 2.75) is 58.7 Å². The van der Waals surface area contributed by atoms with Gasteiger partial charge in [-0.1, -0.05) is 20.3 Å². The molecule has 2 aliphatic rings. The average molecular weight is 290 g/mol. The summed E-state index contributed by atoms with van der Waals surface area (Å²) in [5.41, 5.74) is 1.26. The van der Waals surface area contributed by atoms with Crippen molar-refractivity contribution >= 4 is 0 Å². The fraction of sp³-hybridized carbons (Fsp3) is 0.778.